The quantitative estimate of drug-likeness (QED) is 0.173. The molecular weight excluding hydrogens is 530 g/mol. The molecule has 0 aliphatic carbocycles. The van der Waals surface area contributed by atoms with Gasteiger partial charge in [0.05, 0.1) is 11.0 Å². The maximum atomic E-state index is 13.9. The Morgan fingerprint density at radius 2 is 1.58 bits per heavy atom. The molecule has 220 valence electrons. The first kappa shape index (κ1) is 28.7. The first-order valence-corrected chi connectivity index (χ1v) is 15.3. The molecular formula is C38H42N3O2+. The molecule has 0 fully saturated rings. The summed E-state index contributed by atoms with van der Waals surface area (Å²) in [5.74, 6) is 0. The van der Waals surface area contributed by atoms with Gasteiger partial charge in [-0.05, 0) is 69.2 Å². The SMILES string of the molecule is CCN(CC)c1ccc2cc(C(=C\C3=[N+](C)c4ccccc4C3(C)C)/C=C3\N(C)c4ccccc4C3(C)C)c(=O)oc2c1. The summed E-state index contributed by atoms with van der Waals surface area (Å²) in [6, 6.07) is 25.3. The highest BCUT2D eigenvalue weighted by Crippen LogP contribution is 2.48. The first-order chi connectivity index (χ1) is 20.5. The highest BCUT2D eigenvalue weighted by Gasteiger charge is 2.43. The Bertz CT molecular complexity index is 1900. The minimum absolute atomic E-state index is 0.245. The highest BCUT2D eigenvalue weighted by molar-refractivity contribution is 6.08. The molecule has 0 bridgehead atoms. The molecule has 6 rings (SSSR count). The molecule has 0 radical (unpaired) electrons. The van der Waals surface area contributed by atoms with E-state index in [2.05, 4.69) is 143 Å². The number of anilines is 2. The Kier molecular flexibility index (Phi) is 6.95. The first-order valence-electron chi connectivity index (χ1n) is 15.3. The summed E-state index contributed by atoms with van der Waals surface area (Å²) in [5.41, 5.74) is 9.42. The topological polar surface area (TPSA) is 39.7 Å². The van der Waals surface area contributed by atoms with E-state index in [9.17, 15) is 4.79 Å². The van der Waals surface area contributed by atoms with Crippen molar-refractivity contribution < 1.29 is 8.99 Å². The van der Waals surface area contributed by atoms with E-state index in [1.165, 1.54) is 22.5 Å². The molecule has 3 heterocycles. The van der Waals surface area contributed by atoms with Gasteiger partial charge in [0.15, 0.2) is 5.71 Å². The number of nitrogens with zero attached hydrogens (tertiary/aromatic N) is 3. The molecule has 0 saturated carbocycles. The van der Waals surface area contributed by atoms with Crippen molar-refractivity contribution in [3.8, 4) is 0 Å². The standard InChI is InChI=1S/C38H42N3O2/c1-9-41(10-2)27-20-19-25-21-28(36(42)43-33(25)24-27)26(22-34-37(3,4)29-15-11-13-17-31(29)39(34)7)23-35-38(5,6)30-16-12-14-18-32(30)40(35)8/h11-24H,9-10H2,1-8H3/q+1. The molecule has 0 amide bonds. The number of likely N-dealkylation sites (N-methyl/N-ethyl adjacent to an activating group) is 1. The third-order valence-electron chi connectivity index (χ3n) is 9.62. The lowest BCUT2D eigenvalue weighted by Crippen LogP contribution is -2.27. The van der Waals surface area contributed by atoms with Crippen molar-refractivity contribution in [2.45, 2.75) is 52.4 Å². The highest BCUT2D eigenvalue weighted by atomic mass is 16.4. The number of hydrogen-bond donors (Lipinski definition) is 0. The van der Waals surface area contributed by atoms with Gasteiger partial charge in [0, 0.05) is 71.8 Å². The molecule has 43 heavy (non-hydrogen) atoms. The van der Waals surface area contributed by atoms with Crippen LogP contribution in [0.2, 0.25) is 0 Å². The van der Waals surface area contributed by atoms with Crippen LogP contribution in [0.25, 0.3) is 16.5 Å². The lowest BCUT2D eigenvalue weighted by molar-refractivity contribution is -0.401. The summed E-state index contributed by atoms with van der Waals surface area (Å²) in [6.07, 6.45) is 4.39. The van der Waals surface area contributed by atoms with Crippen LogP contribution in [0.15, 0.2) is 99.9 Å². The van der Waals surface area contributed by atoms with Gasteiger partial charge in [0.1, 0.15) is 12.6 Å². The van der Waals surface area contributed by atoms with Crippen molar-refractivity contribution in [1.82, 2.24) is 0 Å². The second kappa shape index (κ2) is 10.4. The Morgan fingerprint density at radius 3 is 2.26 bits per heavy atom. The summed E-state index contributed by atoms with van der Waals surface area (Å²) in [6.45, 7) is 15.1. The molecule has 0 saturated heterocycles. The second-order valence-corrected chi connectivity index (χ2v) is 12.8. The number of hydrogen-bond acceptors (Lipinski definition) is 4. The maximum absolute atomic E-state index is 13.9. The van der Waals surface area contributed by atoms with Gasteiger partial charge in [-0.2, -0.15) is 4.58 Å². The van der Waals surface area contributed by atoms with Crippen LogP contribution in [-0.4, -0.2) is 37.5 Å². The van der Waals surface area contributed by atoms with Crippen molar-refractivity contribution in [3.05, 3.63) is 118 Å². The Labute approximate surface area is 255 Å². The average molecular weight is 573 g/mol. The molecule has 0 atom stereocenters. The van der Waals surface area contributed by atoms with Crippen molar-refractivity contribution in [1.29, 1.82) is 0 Å². The van der Waals surface area contributed by atoms with Gasteiger partial charge in [-0.1, -0.05) is 50.2 Å². The number of benzene rings is 3. The van der Waals surface area contributed by atoms with Crippen LogP contribution in [0, 0.1) is 0 Å². The molecule has 0 unspecified atom stereocenters. The maximum Gasteiger partial charge on any atom is 0.344 e. The Balaban J connectivity index is 1.58. The fraction of sp³-hybridized carbons (Fsp3) is 0.316. The zero-order chi connectivity index (χ0) is 30.7. The van der Waals surface area contributed by atoms with Gasteiger partial charge in [-0.3, -0.25) is 0 Å². The van der Waals surface area contributed by atoms with Crippen LogP contribution in [0.5, 0.6) is 0 Å². The van der Waals surface area contributed by atoms with E-state index in [0.717, 1.165) is 41.1 Å². The van der Waals surface area contributed by atoms with E-state index < -0.39 is 0 Å². The summed E-state index contributed by atoms with van der Waals surface area (Å²) in [7, 11) is 4.23. The van der Waals surface area contributed by atoms with Crippen LogP contribution in [0.3, 0.4) is 0 Å². The Morgan fingerprint density at radius 1 is 0.907 bits per heavy atom. The van der Waals surface area contributed by atoms with Crippen LogP contribution < -0.4 is 15.4 Å². The van der Waals surface area contributed by atoms with E-state index in [4.69, 9.17) is 4.42 Å². The van der Waals surface area contributed by atoms with Gasteiger partial charge in [-0.25, -0.2) is 4.79 Å². The zero-order valence-electron chi connectivity index (χ0n) is 26.7. The average Bonchev–Trinajstić information content (AvgIpc) is 3.31. The Hall–Kier alpha value is -4.38. The largest absolute Gasteiger partial charge is 0.422 e. The fourth-order valence-electron chi connectivity index (χ4n) is 7.10. The van der Waals surface area contributed by atoms with Crippen LogP contribution in [-0.2, 0) is 10.8 Å². The van der Waals surface area contributed by atoms with Gasteiger partial charge < -0.3 is 14.2 Å². The molecule has 0 spiro atoms. The van der Waals surface area contributed by atoms with E-state index in [1.807, 2.05) is 12.1 Å². The molecule has 3 aromatic carbocycles. The van der Waals surface area contributed by atoms with Gasteiger partial charge in [0.25, 0.3) is 0 Å². The predicted molar refractivity (Wildman–Crippen MR) is 180 cm³/mol. The number of fused-ring (bicyclic) bond motifs is 3. The lowest BCUT2D eigenvalue weighted by Gasteiger charge is -2.25. The van der Waals surface area contributed by atoms with Gasteiger partial charge in [-0.15, -0.1) is 0 Å². The van der Waals surface area contributed by atoms with E-state index in [1.54, 1.807) is 0 Å². The minimum atomic E-state index is -0.333. The van der Waals surface area contributed by atoms with Crippen LogP contribution >= 0.6 is 0 Å². The molecule has 2 aliphatic heterocycles. The molecule has 5 nitrogen and oxygen atoms in total. The third kappa shape index (κ3) is 4.53. The zero-order valence-corrected chi connectivity index (χ0v) is 26.7. The van der Waals surface area contributed by atoms with Crippen molar-refractivity contribution >= 4 is 39.3 Å². The monoisotopic (exact) mass is 572 g/mol. The number of para-hydroxylation sites is 2. The van der Waals surface area contributed by atoms with Gasteiger partial charge >= 0.3 is 5.63 Å². The van der Waals surface area contributed by atoms with Crippen LogP contribution in [0.1, 0.15) is 58.2 Å². The molecule has 5 heteroatoms. The van der Waals surface area contributed by atoms with E-state index in [0.29, 0.717) is 11.1 Å². The number of rotatable bonds is 6. The summed E-state index contributed by atoms with van der Waals surface area (Å²) in [4.78, 5) is 18.4. The van der Waals surface area contributed by atoms with Crippen molar-refractivity contribution in [2.24, 2.45) is 0 Å². The van der Waals surface area contributed by atoms with Crippen molar-refractivity contribution in [3.63, 3.8) is 0 Å². The number of allylic oxidation sites excluding steroid dienone is 4. The molecule has 1 aromatic heterocycles. The second-order valence-electron chi connectivity index (χ2n) is 12.8. The molecule has 0 N–H and O–H groups in total. The minimum Gasteiger partial charge on any atom is -0.422 e. The fourth-order valence-corrected chi connectivity index (χ4v) is 7.10. The molecule has 4 aromatic rings. The molecule has 2 aliphatic rings. The predicted octanol–water partition coefficient (Wildman–Crippen LogP) is 8.04. The lowest BCUT2D eigenvalue weighted by atomic mass is 9.80. The smallest absolute Gasteiger partial charge is 0.344 e. The van der Waals surface area contributed by atoms with Gasteiger partial charge in [0.2, 0.25) is 5.69 Å². The van der Waals surface area contributed by atoms with E-state index in [-0.39, 0.29) is 16.5 Å². The van der Waals surface area contributed by atoms with Crippen LogP contribution in [0.4, 0.5) is 17.1 Å². The summed E-state index contributed by atoms with van der Waals surface area (Å²) in [5, 5.41) is 0.907. The summed E-state index contributed by atoms with van der Waals surface area (Å²) >= 11 is 0. The third-order valence-corrected chi connectivity index (χ3v) is 9.62. The van der Waals surface area contributed by atoms with E-state index >= 15 is 0 Å². The summed E-state index contributed by atoms with van der Waals surface area (Å²) < 4.78 is 8.33. The van der Waals surface area contributed by atoms with Crippen molar-refractivity contribution in [2.75, 3.05) is 37.0 Å². The normalized spacial score (nSPS) is 18.0.